The van der Waals surface area contributed by atoms with Crippen molar-refractivity contribution in [1.82, 2.24) is 15.5 Å². The molecule has 1 aromatic carbocycles. The van der Waals surface area contributed by atoms with Crippen LogP contribution in [0.1, 0.15) is 76.2 Å². The molecule has 1 aromatic heterocycles. The Morgan fingerprint density at radius 2 is 2.05 bits per heavy atom. The van der Waals surface area contributed by atoms with E-state index in [1.807, 2.05) is 24.1 Å². The zero-order valence-corrected chi connectivity index (χ0v) is 23.1. The number of rotatable bonds is 12. The summed E-state index contributed by atoms with van der Waals surface area (Å²) < 4.78 is 24.7. The smallest absolute Gasteiger partial charge is 0.317 e. The highest BCUT2D eigenvalue weighted by Gasteiger charge is 2.43. The lowest BCUT2D eigenvalue weighted by Gasteiger charge is -2.43. The molecule has 0 radical (unpaired) electrons. The third-order valence-electron chi connectivity index (χ3n) is 8.64. The van der Waals surface area contributed by atoms with E-state index in [-0.39, 0.29) is 18.0 Å². The van der Waals surface area contributed by atoms with Gasteiger partial charge in [0, 0.05) is 62.3 Å². The molecule has 38 heavy (non-hydrogen) atoms. The van der Waals surface area contributed by atoms with Crippen molar-refractivity contribution in [3.05, 3.63) is 35.8 Å². The average molecular weight is 532 g/mol. The fourth-order valence-electron chi connectivity index (χ4n) is 6.65. The number of fused-ring (bicyclic) bond motifs is 1. The Morgan fingerprint density at radius 1 is 1.24 bits per heavy atom. The number of carbonyl (C=O) groups is 1. The number of carbonyl (C=O) groups excluding carboxylic acids is 1. The molecule has 2 aromatic rings. The Kier molecular flexibility index (Phi) is 10.4. The molecule has 2 aliphatic rings. The van der Waals surface area contributed by atoms with Crippen molar-refractivity contribution >= 4 is 17.0 Å². The Bertz CT molecular complexity index is 1020. The molecule has 2 heterocycles. The van der Waals surface area contributed by atoms with Gasteiger partial charge in [-0.25, -0.2) is 4.79 Å². The number of likely N-dealkylation sites (tertiary alicyclic amines) is 1. The lowest BCUT2D eigenvalue weighted by atomic mass is 9.73. The number of likely N-dealkylation sites (N-methyl/N-ethyl adjacent to an activating group) is 1. The Balaban J connectivity index is 1.50. The minimum Gasteiger partial charge on any atom is -0.431 e. The van der Waals surface area contributed by atoms with Gasteiger partial charge in [0.2, 0.25) is 0 Å². The maximum atomic E-state index is 14.1. The molecule has 2 amide bonds. The summed E-state index contributed by atoms with van der Waals surface area (Å²) in [5.74, 6) is 0.479. The second kappa shape index (κ2) is 13.8. The van der Waals surface area contributed by atoms with Crippen LogP contribution in [-0.2, 0) is 10.3 Å². The van der Waals surface area contributed by atoms with E-state index < -0.39 is 11.6 Å². The first kappa shape index (κ1) is 28.8. The quantitative estimate of drug-likeness (QED) is 0.312. The van der Waals surface area contributed by atoms with E-state index in [0.29, 0.717) is 48.6 Å². The van der Waals surface area contributed by atoms with Gasteiger partial charge in [0.05, 0.1) is 5.60 Å². The van der Waals surface area contributed by atoms with Crippen molar-refractivity contribution in [2.45, 2.75) is 82.3 Å². The van der Waals surface area contributed by atoms with Crippen LogP contribution in [0.4, 0.5) is 9.18 Å². The second-order valence-corrected chi connectivity index (χ2v) is 11.4. The number of hydrogen-bond acceptors (Lipinski definition) is 5. The summed E-state index contributed by atoms with van der Waals surface area (Å²) in [6.07, 6.45) is 11.0. The maximum absolute atomic E-state index is 14.1. The van der Waals surface area contributed by atoms with Gasteiger partial charge < -0.3 is 29.8 Å². The number of amides is 2. The number of urea groups is 1. The molecular weight excluding hydrogens is 485 g/mol. The van der Waals surface area contributed by atoms with Crippen LogP contribution in [0.2, 0.25) is 0 Å². The number of methoxy groups -OCH3 is 1. The number of ether oxygens (including phenoxy) is 1. The van der Waals surface area contributed by atoms with Crippen LogP contribution in [0.25, 0.3) is 11.0 Å². The van der Waals surface area contributed by atoms with E-state index in [9.17, 15) is 14.3 Å². The predicted octanol–water partition coefficient (Wildman–Crippen LogP) is 5.56. The van der Waals surface area contributed by atoms with Gasteiger partial charge in [-0.05, 0) is 51.5 Å². The Hall–Kier alpha value is -2.16. The molecule has 3 atom stereocenters. The number of nitrogens with one attached hydrogen (secondary N) is 2. The highest BCUT2D eigenvalue weighted by molar-refractivity contribution is 5.81. The minimum atomic E-state index is -1.25. The Morgan fingerprint density at radius 3 is 2.82 bits per heavy atom. The predicted molar refractivity (Wildman–Crippen MR) is 148 cm³/mol. The first-order valence-corrected chi connectivity index (χ1v) is 14.5. The molecule has 0 unspecified atom stereocenters. The maximum Gasteiger partial charge on any atom is 0.317 e. The van der Waals surface area contributed by atoms with E-state index in [1.165, 1.54) is 38.2 Å². The number of piperidine rings is 1. The molecule has 4 rings (SSSR count). The van der Waals surface area contributed by atoms with E-state index in [2.05, 4.69) is 10.6 Å². The SMILES string of the molecule is CNC[C@H](CC1CCCCC1)NC(=O)N1CCC[C@@H]([C@@](O)(CCCCOC)c2cccc3cc(F)oc23)C1. The second-order valence-electron chi connectivity index (χ2n) is 11.4. The standard InChI is InChI=1S/C30H46FN3O4/c1-32-20-25(18-22-10-4-3-5-11-22)33-29(35)34-16-9-13-24(21-34)30(36,15-6-7-17-37-2)26-14-8-12-23-19-27(31)38-28(23)26/h8,12,14,19,22,24-25,32,36H,3-7,9-11,13,15-18,20-21H2,1-2H3,(H,33,35)/t24-,25+,30+/m1/s1. The summed E-state index contributed by atoms with van der Waals surface area (Å²) in [6.45, 7) is 2.47. The molecule has 0 bridgehead atoms. The van der Waals surface area contributed by atoms with Crippen molar-refractivity contribution < 1.29 is 23.4 Å². The van der Waals surface area contributed by atoms with Crippen molar-refractivity contribution in [3.63, 3.8) is 0 Å². The van der Waals surface area contributed by atoms with Crippen LogP contribution in [-0.4, -0.2) is 62.5 Å². The van der Waals surface area contributed by atoms with Crippen LogP contribution in [0.3, 0.4) is 0 Å². The van der Waals surface area contributed by atoms with Crippen molar-refractivity contribution in [2.75, 3.05) is 40.4 Å². The summed E-state index contributed by atoms with van der Waals surface area (Å²) in [5, 5.41) is 19.5. The van der Waals surface area contributed by atoms with Gasteiger partial charge in [-0.3, -0.25) is 0 Å². The fraction of sp³-hybridized carbons (Fsp3) is 0.700. The number of aliphatic hydroxyl groups is 1. The minimum absolute atomic E-state index is 0.0604. The van der Waals surface area contributed by atoms with E-state index in [0.717, 1.165) is 38.6 Å². The fourth-order valence-corrected chi connectivity index (χ4v) is 6.65. The molecule has 0 spiro atoms. The third kappa shape index (κ3) is 7.07. The molecule has 7 nitrogen and oxygen atoms in total. The van der Waals surface area contributed by atoms with Crippen molar-refractivity contribution in [3.8, 4) is 0 Å². The number of nitrogens with zero attached hydrogens (tertiary/aromatic N) is 1. The summed E-state index contributed by atoms with van der Waals surface area (Å²) in [5.41, 5.74) is -0.250. The van der Waals surface area contributed by atoms with E-state index in [4.69, 9.17) is 9.15 Å². The number of para-hydroxylation sites is 1. The highest BCUT2D eigenvalue weighted by Crippen LogP contribution is 2.43. The topological polar surface area (TPSA) is 87.0 Å². The number of furan rings is 1. The lowest BCUT2D eigenvalue weighted by molar-refractivity contribution is -0.0559. The van der Waals surface area contributed by atoms with Crippen LogP contribution in [0.5, 0.6) is 0 Å². The molecule has 1 aliphatic carbocycles. The monoisotopic (exact) mass is 531 g/mol. The number of halogens is 1. The summed E-state index contributed by atoms with van der Waals surface area (Å²) in [4.78, 5) is 15.3. The summed E-state index contributed by atoms with van der Waals surface area (Å²) >= 11 is 0. The van der Waals surface area contributed by atoms with Crippen molar-refractivity contribution in [2.24, 2.45) is 11.8 Å². The van der Waals surface area contributed by atoms with Gasteiger partial charge >= 0.3 is 6.03 Å². The molecule has 3 N–H and O–H groups in total. The first-order chi connectivity index (χ1) is 18.4. The van der Waals surface area contributed by atoms with Crippen molar-refractivity contribution in [1.29, 1.82) is 0 Å². The van der Waals surface area contributed by atoms with Crippen LogP contribution in [0.15, 0.2) is 28.7 Å². The molecule has 1 saturated carbocycles. The van der Waals surface area contributed by atoms with Gasteiger partial charge in [-0.2, -0.15) is 4.39 Å². The highest BCUT2D eigenvalue weighted by atomic mass is 19.1. The van der Waals surface area contributed by atoms with Gasteiger partial charge in [-0.1, -0.05) is 50.3 Å². The average Bonchev–Trinajstić information content (AvgIpc) is 3.32. The lowest BCUT2D eigenvalue weighted by Crippen LogP contribution is -2.54. The van der Waals surface area contributed by atoms with Gasteiger partial charge in [0.25, 0.3) is 6.01 Å². The number of benzene rings is 1. The largest absolute Gasteiger partial charge is 0.431 e. The van der Waals surface area contributed by atoms with Crippen LogP contribution >= 0.6 is 0 Å². The molecule has 1 saturated heterocycles. The zero-order chi connectivity index (χ0) is 27.0. The molecule has 1 aliphatic heterocycles. The summed E-state index contributed by atoms with van der Waals surface area (Å²) in [7, 11) is 3.60. The Labute approximate surface area is 226 Å². The first-order valence-electron chi connectivity index (χ1n) is 14.5. The third-order valence-corrected chi connectivity index (χ3v) is 8.64. The van der Waals surface area contributed by atoms with Gasteiger partial charge in [0.15, 0.2) is 0 Å². The molecule has 8 heteroatoms. The number of hydrogen-bond donors (Lipinski definition) is 3. The molecule has 212 valence electrons. The molecule has 2 fully saturated rings. The normalized spacial score (nSPS) is 21.4. The molecular formula is C30H46FN3O4. The van der Waals surface area contributed by atoms with Gasteiger partial charge in [-0.15, -0.1) is 0 Å². The van der Waals surface area contributed by atoms with Crippen LogP contribution in [0, 0.1) is 17.8 Å². The van der Waals surface area contributed by atoms with E-state index >= 15 is 0 Å². The van der Waals surface area contributed by atoms with Gasteiger partial charge in [0.1, 0.15) is 5.58 Å². The van der Waals surface area contributed by atoms with Crippen LogP contribution < -0.4 is 10.6 Å². The van der Waals surface area contributed by atoms with E-state index in [1.54, 1.807) is 13.2 Å². The number of unbranched alkanes of at least 4 members (excludes halogenated alkanes) is 1. The summed E-state index contributed by atoms with van der Waals surface area (Å²) in [6, 6.07) is 6.21. The zero-order valence-electron chi connectivity index (χ0n) is 23.1.